The molecule has 8 nitrogen and oxygen atoms in total. The van der Waals surface area contributed by atoms with E-state index >= 15 is 0 Å². The van der Waals surface area contributed by atoms with Crippen molar-refractivity contribution in [3.63, 3.8) is 0 Å². The fourth-order valence-electron chi connectivity index (χ4n) is 3.99. The first kappa shape index (κ1) is 29.7. The molecule has 0 aromatic heterocycles. The van der Waals surface area contributed by atoms with E-state index in [-0.39, 0.29) is 24.5 Å². The average Bonchev–Trinajstić information content (AvgIpc) is 3.08. The fraction of sp³-hybridized carbons (Fsp3) is 0.880. The van der Waals surface area contributed by atoms with Gasteiger partial charge in [0.05, 0.1) is 32.5 Å². The third-order valence-electron chi connectivity index (χ3n) is 6.00. The molecule has 0 amide bonds. The molecule has 8 heteroatoms. The summed E-state index contributed by atoms with van der Waals surface area (Å²) in [6.07, 6.45) is 10.2. The standard InChI is InChI=1S/C25H46O8/c1-3-5-7-8-9-10-11-12-13-14-16-31-22-23(32-15-6-4-2)25(21(29)19-27,33-24(22)30)17-20(28)18-26/h20-21,26-29H,3-19H2,1-2H3/t20?,21-,25+/m0/s1. The molecule has 0 aromatic rings. The van der Waals surface area contributed by atoms with Gasteiger partial charge in [0, 0.05) is 6.42 Å². The van der Waals surface area contributed by atoms with Crippen molar-refractivity contribution in [3.8, 4) is 0 Å². The Bertz CT molecular complexity index is 565. The molecule has 0 saturated carbocycles. The van der Waals surface area contributed by atoms with Gasteiger partial charge < -0.3 is 34.6 Å². The predicted molar refractivity (Wildman–Crippen MR) is 125 cm³/mol. The molecule has 0 fully saturated rings. The topological polar surface area (TPSA) is 126 Å². The van der Waals surface area contributed by atoms with Crippen molar-refractivity contribution in [3.05, 3.63) is 11.5 Å². The van der Waals surface area contributed by atoms with Gasteiger partial charge in [-0.15, -0.1) is 0 Å². The number of hydrogen-bond acceptors (Lipinski definition) is 8. The first-order valence-corrected chi connectivity index (χ1v) is 12.8. The largest absolute Gasteiger partial charge is 0.490 e. The Kier molecular flexibility index (Phi) is 15.4. The van der Waals surface area contributed by atoms with Gasteiger partial charge in [-0.3, -0.25) is 0 Å². The van der Waals surface area contributed by atoms with E-state index in [1.807, 2.05) is 6.92 Å². The maximum absolute atomic E-state index is 12.6. The number of aliphatic hydroxyl groups excluding tert-OH is 4. The molecule has 1 unspecified atom stereocenters. The minimum Gasteiger partial charge on any atom is -0.490 e. The van der Waals surface area contributed by atoms with E-state index in [0.717, 1.165) is 25.7 Å². The summed E-state index contributed by atoms with van der Waals surface area (Å²) in [6.45, 7) is 3.48. The van der Waals surface area contributed by atoms with Gasteiger partial charge in [0.15, 0.2) is 5.76 Å². The molecular weight excluding hydrogens is 428 g/mol. The molecule has 3 atom stereocenters. The molecule has 194 valence electrons. The molecule has 1 aliphatic heterocycles. The molecule has 4 N–H and O–H groups in total. The maximum Gasteiger partial charge on any atom is 0.378 e. The maximum atomic E-state index is 12.6. The van der Waals surface area contributed by atoms with E-state index in [1.54, 1.807) is 0 Å². The van der Waals surface area contributed by atoms with Crippen molar-refractivity contribution >= 4 is 5.97 Å². The Morgan fingerprint density at radius 2 is 1.33 bits per heavy atom. The van der Waals surface area contributed by atoms with E-state index in [9.17, 15) is 25.2 Å². The highest BCUT2D eigenvalue weighted by Crippen LogP contribution is 2.41. The van der Waals surface area contributed by atoms with Crippen LogP contribution in [0.4, 0.5) is 0 Å². The molecule has 1 heterocycles. The van der Waals surface area contributed by atoms with Crippen LogP contribution in [0.25, 0.3) is 0 Å². The van der Waals surface area contributed by atoms with Crippen LogP contribution in [0.3, 0.4) is 0 Å². The summed E-state index contributed by atoms with van der Waals surface area (Å²) in [4.78, 5) is 12.6. The van der Waals surface area contributed by atoms with Gasteiger partial charge in [0.25, 0.3) is 0 Å². The predicted octanol–water partition coefficient (Wildman–Crippen LogP) is 3.34. The number of carbonyl (C=O) groups is 1. The second-order valence-electron chi connectivity index (χ2n) is 8.91. The number of aliphatic hydroxyl groups is 4. The van der Waals surface area contributed by atoms with Crippen LogP contribution in [-0.4, -0.2) is 70.6 Å². The van der Waals surface area contributed by atoms with E-state index in [1.165, 1.54) is 44.9 Å². The zero-order valence-electron chi connectivity index (χ0n) is 20.6. The number of carbonyl (C=O) groups excluding carboxylic acids is 1. The van der Waals surface area contributed by atoms with Crippen LogP contribution in [0.2, 0.25) is 0 Å². The van der Waals surface area contributed by atoms with Gasteiger partial charge in [-0.05, 0) is 12.8 Å². The Morgan fingerprint density at radius 1 is 0.788 bits per heavy atom. The molecule has 0 saturated heterocycles. The zero-order chi connectivity index (χ0) is 24.5. The van der Waals surface area contributed by atoms with E-state index in [4.69, 9.17) is 14.2 Å². The summed E-state index contributed by atoms with van der Waals surface area (Å²) in [5.74, 6) is -0.937. The van der Waals surface area contributed by atoms with Crippen molar-refractivity contribution in [2.75, 3.05) is 26.4 Å². The summed E-state index contributed by atoms with van der Waals surface area (Å²) < 4.78 is 17.0. The lowest BCUT2D eigenvalue weighted by Gasteiger charge is -2.34. The summed E-state index contributed by atoms with van der Waals surface area (Å²) in [5, 5.41) is 39.4. The molecule has 0 spiro atoms. The number of cyclic esters (lactones) is 1. The van der Waals surface area contributed by atoms with E-state index in [0.29, 0.717) is 13.0 Å². The Morgan fingerprint density at radius 3 is 1.88 bits per heavy atom. The molecule has 1 rings (SSSR count). The molecule has 0 radical (unpaired) electrons. The van der Waals surface area contributed by atoms with Gasteiger partial charge in [-0.25, -0.2) is 4.79 Å². The van der Waals surface area contributed by atoms with E-state index in [2.05, 4.69) is 6.92 Å². The summed E-state index contributed by atoms with van der Waals surface area (Å²) in [6, 6.07) is 0. The van der Waals surface area contributed by atoms with Crippen molar-refractivity contribution in [2.45, 2.75) is 115 Å². The van der Waals surface area contributed by atoms with Crippen molar-refractivity contribution in [2.24, 2.45) is 0 Å². The van der Waals surface area contributed by atoms with Crippen molar-refractivity contribution < 1.29 is 39.4 Å². The van der Waals surface area contributed by atoms with Crippen molar-refractivity contribution in [1.82, 2.24) is 0 Å². The first-order valence-electron chi connectivity index (χ1n) is 12.8. The van der Waals surface area contributed by atoms with Crippen LogP contribution in [0.5, 0.6) is 0 Å². The van der Waals surface area contributed by atoms with Gasteiger partial charge in [-0.2, -0.15) is 0 Å². The summed E-state index contributed by atoms with van der Waals surface area (Å²) in [7, 11) is 0. The molecule has 1 aliphatic rings. The number of ether oxygens (including phenoxy) is 3. The third kappa shape index (κ3) is 9.81. The lowest BCUT2D eigenvalue weighted by molar-refractivity contribution is -0.171. The second-order valence-corrected chi connectivity index (χ2v) is 8.91. The van der Waals surface area contributed by atoms with Crippen LogP contribution in [0, 0.1) is 0 Å². The minimum absolute atomic E-state index is 0.0120. The highest BCUT2D eigenvalue weighted by Gasteiger charge is 2.56. The SMILES string of the molecule is CCCCCCCCCCCCOC1=C(OCCCC)[C@@](CC(O)CO)([C@@H](O)CO)OC1=O. The Hall–Kier alpha value is -1.35. The minimum atomic E-state index is -1.80. The summed E-state index contributed by atoms with van der Waals surface area (Å²) in [5.41, 5.74) is -1.80. The highest BCUT2D eigenvalue weighted by atomic mass is 16.6. The average molecular weight is 475 g/mol. The quantitative estimate of drug-likeness (QED) is 0.147. The molecular formula is C25H46O8. The highest BCUT2D eigenvalue weighted by molar-refractivity contribution is 5.90. The first-order chi connectivity index (χ1) is 16.0. The molecule has 0 bridgehead atoms. The lowest BCUT2D eigenvalue weighted by Crippen LogP contribution is -2.50. The number of unbranched alkanes of at least 4 members (excludes halogenated alkanes) is 10. The molecule has 0 aliphatic carbocycles. The second kappa shape index (κ2) is 17.1. The number of hydrogen-bond donors (Lipinski definition) is 4. The van der Waals surface area contributed by atoms with Crippen LogP contribution in [0.15, 0.2) is 11.5 Å². The molecule has 0 aromatic carbocycles. The van der Waals surface area contributed by atoms with Crippen LogP contribution in [-0.2, 0) is 19.0 Å². The van der Waals surface area contributed by atoms with E-state index < -0.39 is 37.0 Å². The molecule has 33 heavy (non-hydrogen) atoms. The van der Waals surface area contributed by atoms with Crippen molar-refractivity contribution in [1.29, 1.82) is 0 Å². The van der Waals surface area contributed by atoms with Crippen LogP contribution in [0.1, 0.15) is 97.3 Å². The third-order valence-corrected chi connectivity index (χ3v) is 6.00. The normalized spacial score (nSPS) is 20.1. The number of rotatable bonds is 21. The zero-order valence-corrected chi connectivity index (χ0v) is 20.6. The fourth-order valence-corrected chi connectivity index (χ4v) is 3.99. The summed E-state index contributed by atoms with van der Waals surface area (Å²) >= 11 is 0. The van der Waals surface area contributed by atoms with Gasteiger partial charge >= 0.3 is 5.97 Å². The Balaban J connectivity index is 2.69. The Labute approximate surface area is 198 Å². The number of esters is 1. The smallest absolute Gasteiger partial charge is 0.378 e. The van der Waals surface area contributed by atoms with Gasteiger partial charge in [0.1, 0.15) is 6.10 Å². The lowest BCUT2D eigenvalue weighted by atomic mass is 9.88. The van der Waals surface area contributed by atoms with Crippen LogP contribution < -0.4 is 0 Å². The van der Waals surface area contributed by atoms with Gasteiger partial charge in [-0.1, -0.05) is 78.1 Å². The van der Waals surface area contributed by atoms with Gasteiger partial charge in [0.2, 0.25) is 11.4 Å². The van der Waals surface area contributed by atoms with Crippen LogP contribution >= 0.6 is 0 Å². The monoisotopic (exact) mass is 474 g/mol.